The van der Waals surface area contributed by atoms with E-state index < -0.39 is 0 Å². The monoisotopic (exact) mass is 539 g/mol. The van der Waals surface area contributed by atoms with Crippen molar-refractivity contribution in [1.82, 2.24) is 4.98 Å². The molecule has 2 aliphatic rings. The fraction of sp³-hybridized carbons (Fsp3) is 0.321. The van der Waals surface area contributed by atoms with Crippen LogP contribution in [0.1, 0.15) is 42.1 Å². The van der Waals surface area contributed by atoms with E-state index in [4.69, 9.17) is 32.7 Å². The van der Waals surface area contributed by atoms with E-state index in [1.807, 2.05) is 18.2 Å². The quantitative estimate of drug-likeness (QED) is 0.312. The molecular weight excluding hydrogens is 513 g/mol. The first-order valence-corrected chi connectivity index (χ1v) is 13.1. The van der Waals surface area contributed by atoms with Crippen LogP contribution in [0.5, 0.6) is 11.5 Å². The van der Waals surface area contributed by atoms with Crippen LogP contribution in [0.3, 0.4) is 0 Å². The van der Waals surface area contributed by atoms with Crippen LogP contribution in [0.15, 0.2) is 54.9 Å². The van der Waals surface area contributed by atoms with E-state index >= 15 is 0 Å². The number of hydrogen-bond acceptors (Lipinski definition) is 6. The Kier molecular flexibility index (Phi) is 7.53. The van der Waals surface area contributed by atoms with Crippen LogP contribution in [0, 0.1) is 0 Å². The van der Waals surface area contributed by atoms with Gasteiger partial charge in [-0.25, -0.2) is 0 Å². The first-order valence-electron chi connectivity index (χ1n) is 12.4. The zero-order chi connectivity index (χ0) is 25.9. The molecule has 9 heteroatoms. The molecule has 0 bridgehead atoms. The van der Waals surface area contributed by atoms with E-state index in [0.29, 0.717) is 58.3 Å². The van der Waals surface area contributed by atoms with Gasteiger partial charge in [-0.05, 0) is 56.0 Å². The van der Waals surface area contributed by atoms with E-state index in [2.05, 4.69) is 16.0 Å². The fourth-order valence-corrected chi connectivity index (χ4v) is 5.04. The molecule has 0 atom stereocenters. The van der Waals surface area contributed by atoms with Crippen LogP contribution in [-0.2, 0) is 16.0 Å². The van der Waals surface area contributed by atoms with Crippen molar-refractivity contribution < 1.29 is 19.1 Å². The van der Waals surface area contributed by atoms with Gasteiger partial charge in [0.1, 0.15) is 17.1 Å². The Bertz CT molecular complexity index is 1330. The summed E-state index contributed by atoms with van der Waals surface area (Å²) >= 11 is 13.0. The molecule has 2 aromatic carbocycles. The van der Waals surface area contributed by atoms with Gasteiger partial charge < -0.3 is 19.3 Å². The number of esters is 1. The lowest BCUT2D eigenvalue weighted by Crippen LogP contribution is -2.45. The Labute approximate surface area is 225 Å². The zero-order valence-electron chi connectivity index (χ0n) is 20.5. The number of aryl methyl sites for hydroxylation is 1. The standard InChI is InChI=1S/C28H27Cl2N3O4/c1-2-36-27(34)10-7-18-15-22(30)26(16-21(18)29)37-25-11-12-31-17-20(25)28(35)33-14-13-32(19-8-9-19)23-5-3-4-6-24(23)33/h3-6,11-12,15-17,19H,2,7-10,13-14H2,1H3. The van der Waals surface area contributed by atoms with Gasteiger partial charge in [0, 0.05) is 49.0 Å². The molecule has 0 N–H and O–H groups in total. The number of para-hydroxylation sites is 2. The summed E-state index contributed by atoms with van der Waals surface area (Å²) in [6.07, 6.45) is 6.04. The number of rotatable bonds is 8. The van der Waals surface area contributed by atoms with E-state index in [9.17, 15) is 9.59 Å². The van der Waals surface area contributed by atoms with E-state index in [1.54, 1.807) is 36.2 Å². The SMILES string of the molecule is CCOC(=O)CCc1cc(Cl)c(Oc2ccncc2C(=O)N2CCN(C3CC3)c3ccccc32)cc1Cl. The molecule has 192 valence electrons. The minimum absolute atomic E-state index is 0.195. The maximum Gasteiger partial charge on any atom is 0.306 e. The van der Waals surface area contributed by atoms with Crippen molar-refractivity contribution in [2.24, 2.45) is 0 Å². The number of amides is 1. The molecule has 1 saturated carbocycles. The van der Waals surface area contributed by atoms with Crippen LogP contribution in [0.25, 0.3) is 0 Å². The predicted octanol–water partition coefficient (Wildman–Crippen LogP) is 6.31. The summed E-state index contributed by atoms with van der Waals surface area (Å²) in [5.41, 5.74) is 3.00. The number of fused-ring (bicyclic) bond motifs is 1. The number of hydrogen-bond donors (Lipinski definition) is 0. The number of halogens is 2. The first-order chi connectivity index (χ1) is 18.0. The number of ether oxygens (including phenoxy) is 2. The minimum Gasteiger partial charge on any atom is -0.466 e. The highest BCUT2D eigenvalue weighted by atomic mass is 35.5. The number of benzene rings is 2. The number of anilines is 2. The minimum atomic E-state index is -0.297. The van der Waals surface area contributed by atoms with Gasteiger partial charge in [0.2, 0.25) is 0 Å². The number of pyridine rings is 1. The average Bonchev–Trinajstić information content (AvgIpc) is 3.75. The van der Waals surface area contributed by atoms with Crippen LogP contribution >= 0.6 is 23.2 Å². The van der Waals surface area contributed by atoms with Gasteiger partial charge in [0.25, 0.3) is 5.91 Å². The summed E-state index contributed by atoms with van der Waals surface area (Å²) in [5.74, 6) is 0.152. The highest BCUT2D eigenvalue weighted by Crippen LogP contribution is 2.41. The molecule has 0 unspecified atom stereocenters. The van der Waals surface area contributed by atoms with E-state index in [-0.39, 0.29) is 18.3 Å². The number of carbonyl (C=O) groups excluding carboxylic acids is 2. The van der Waals surface area contributed by atoms with Gasteiger partial charge >= 0.3 is 5.97 Å². The molecule has 5 rings (SSSR count). The van der Waals surface area contributed by atoms with Crippen molar-refractivity contribution in [3.63, 3.8) is 0 Å². The van der Waals surface area contributed by atoms with Crippen LogP contribution in [0.2, 0.25) is 10.0 Å². The molecule has 1 amide bonds. The highest BCUT2D eigenvalue weighted by Gasteiger charge is 2.36. The molecule has 3 aromatic rings. The molecule has 0 spiro atoms. The summed E-state index contributed by atoms with van der Waals surface area (Å²) in [4.78, 5) is 33.8. The van der Waals surface area contributed by atoms with Crippen molar-refractivity contribution in [2.75, 3.05) is 29.5 Å². The molecule has 1 fully saturated rings. The van der Waals surface area contributed by atoms with Gasteiger partial charge in [0.05, 0.1) is 23.0 Å². The van der Waals surface area contributed by atoms with Crippen molar-refractivity contribution >= 4 is 46.5 Å². The normalized spacial score (nSPS) is 14.8. The van der Waals surface area contributed by atoms with Crippen LogP contribution in [-0.4, -0.2) is 42.6 Å². The molecule has 1 aliphatic carbocycles. The highest BCUT2D eigenvalue weighted by molar-refractivity contribution is 6.34. The third kappa shape index (κ3) is 5.53. The average molecular weight is 540 g/mol. The summed E-state index contributed by atoms with van der Waals surface area (Å²) < 4.78 is 11.1. The number of carbonyl (C=O) groups is 2. The molecule has 1 aliphatic heterocycles. The summed E-state index contributed by atoms with van der Waals surface area (Å²) in [5, 5.41) is 0.734. The maximum atomic E-state index is 13.8. The first kappa shape index (κ1) is 25.4. The van der Waals surface area contributed by atoms with Crippen molar-refractivity contribution in [1.29, 1.82) is 0 Å². The van der Waals surface area contributed by atoms with E-state index in [1.165, 1.54) is 19.0 Å². The lowest BCUT2D eigenvalue weighted by atomic mass is 10.1. The summed E-state index contributed by atoms with van der Waals surface area (Å²) in [6, 6.07) is 13.5. The Morgan fingerprint density at radius 3 is 2.57 bits per heavy atom. The predicted molar refractivity (Wildman–Crippen MR) is 144 cm³/mol. The molecule has 0 saturated heterocycles. The summed E-state index contributed by atoms with van der Waals surface area (Å²) in [6.45, 7) is 3.44. The van der Waals surface area contributed by atoms with E-state index in [0.717, 1.165) is 17.9 Å². The number of nitrogens with zero attached hydrogens (tertiary/aromatic N) is 3. The Morgan fingerprint density at radius 2 is 1.81 bits per heavy atom. The molecule has 2 heterocycles. The van der Waals surface area contributed by atoms with Crippen molar-refractivity contribution in [3.8, 4) is 11.5 Å². The van der Waals surface area contributed by atoms with Crippen LogP contribution in [0.4, 0.5) is 11.4 Å². The van der Waals surface area contributed by atoms with Gasteiger partial charge in [-0.15, -0.1) is 0 Å². The molecule has 37 heavy (non-hydrogen) atoms. The van der Waals surface area contributed by atoms with Gasteiger partial charge in [0.15, 0.2) is 0 Å². The molecule has 0 radical (unpaired) electrons. The maximum absolute atomic E-state index is 13.8. The van der Waals surface area contributed by atoms with Gasteiger partial charge in [-0.3, -0.25) is 14.6 Å². The number of aromatic nitrogens is 1. The Morgan fingerprint density at radius 1 is 1.03 bits per heavy atom. The Hall–Kier alpha value is -3.29. The largest absolute Gasteiger partial charge is 0.466 e. The second-order valence-corrected chi connectivity index (χ2v) is 9.84. The van der Waals surface area contributed by atoms with Gasteiger partial charge in [-0.2, -0.15) is 0 Å². The fourth-order valence-electron chi connectivity index (χ4n) is 4.56. The van der Waals surface area contributed by atoms with Crippen LogP contribution < -0.4 is 14.5 Å². The molecule has 1 aromatic heterocycles. The third-order valence-corrected chi connectivity index (χ3v) is 7.16. The van der Waals surface area contributed by atoms with Crippen molar-refractivity contribution in [3.05, 3.63) is 76.0 Å². The second-order valence-electron chi connectivity index (χ2n) is 9.02. The zero-order valence-corrected chi connectivity index (χ0v) is 22.0. The lowest BCUT2D eigenvalue weighted by molar-refractivity contribution is -0.143. The third-order valence-electron chi connectivity index (χ3n) is 6.52. The lowest BCUT2D eigenvalue weighted by Gasteiger charge is -2.38. The molecule has 7 nitrogen and oxygen atoms in total. The van der Waals surface area contributed by atoms with Crippen molar-refractivity contribution in [2.45, 2.75) is 38.6 Å². The second kappa shape index (κ2) is 11.0. The smallest absolute Gasteiger partial charge is 0.306 e. The Balaban J connectivity index is 1.38. The summed E-state index contributed by atoms with van der Waals surface area (Å²) in [7, 11) is 0. The molecular formula is C28H27Cl2N3O4. The van der Waals surface area contributed by atoms with Gasteiger partial charge in [-0.1, -0.05) is 35.3 Å². The topological polar surface area (TPSA) is 72.0 Å².